The summed E-state index contributed by atoms with van der Waals surface area (Å²) < 4.78 is 2.15. The maximum atomic E-state index is 12.2. The van der Waals surface area contributed by atoms with Gasteiger partial charge < -0.3 is 9.67 Å². The first-order chi connectivity index (χ1) is 10.7. The van der Waals surface area contributed by atoms with Crippen LogP contribution >= 0.6 is 0 Å². The van der Waals surface area contributed by atoms with Crippen molar-refractivity contribution in [3.8, 4) is 0 Å². The minimum absolute atomic E-state index is 0.132. The van der Waals surface area contributed by atoms with E-state index in [1.807, 2.05) is 31.3 Å². The number of pyridine rings is 1. The molecule has 1 aromatic heterocycles. The number of hydrogen-bond donors (Lipinski definition) is 1. The van der Waals surface area contributed by atoms with Crippen molar-refractivity contribution in [1.82, 2.24) is 4.57 Å². The van der Waals surface area contributed by atoms with Gasteiger partial charge in [0.25, 0.3) is 0 Å². The fourth-order valence-corrected chi connectivity index (χ4v) is 3.00. The summed E-state index contributed by atoms with van der Waals surface area (Å²) >= 11 is 0. The maximum absolute atomic E-state index is 12.2. The van der Waals surface area contributed by atoms with Crippen LogP contribution in [0.2, 0.25) is 0 Å². The quantitative estimate of drug-likeness (QED) is 0.716. The lowest BCUT2D eigenvalue weighted by Gasteiger charge is -2.12. The summed E-state index contributed by atoms with van der Waals surface area (Å²) in [6.45, 7) is 0.315. The molecule has 2 rings (SSSR count). The van der Waals surface area contributed by atoms with Crippen molar-refractivity contribution in [1.29, 1.82) is 0 Å². The van der Waals surface area contributed by atoms with Gasteiger partial charge in [-0.2, -0.15) is 0 Å². The van der Waals surface area contributed by atoms with Gasteiger partial charge in [-0.3, -0.25) is 4.79 Å². The minimum Gasteiger partial charge on any atom is -0.396 e. The molecule has 1 heterocycles. The highest BCUT2D eigenvalue weighted by Gasteiger charge is 2.05. The number of aliphatic hydroxyl groups is 1. The van der Waals surface area contributed by atoms with Crippen LogP contribution in [0.5, 0.6) is 0 Å². The standard InChI is InChI=1S/C19H27NO2/c1-20-16(11-7-5-3-2-4-6-10-14-21)15-19(22)17-12-8-9-13-18(17)20/h8-9,12-13,15,21H,2-7,10-11,14H2,1H3. The van der Waals surface area contributed by atoms with E-state index in [0.29, 0.717) is 6.61 Å². The van der Waals surface area contributed by atoms with Gasteiger partial charge >= 0.3 is 0 Å². The molecule has 1 aromatic carbocycles. The van der Waals surface area contributed by atoms with Gasteiger partial charge in [-0.15, -0.1) is 0 Å². The van der Waals surface area contributed by atoms with Crippen LogP contribution < -0.4 is 5.43 Å². The van der Waals surface area contributed by atoms with Crippen LogP contribution in [-0.2, 0) is 13.5 Å². The second-order valence-corrected chi connectivity index (χ2v) is 6.02. The van der Waals surface area contributed by atoms with Crippen molar-refractivity contribution >= 4 is 10.9 Å². The molecule has 0 radical (unpaired) electrons. The fourth-order valence-electron chi connectivity index (χ4n) is 3.00. The lowest BCUT2D eigenvalue weighted by atomic mass is 10.1. The van der Waals surface area contributed by atoms with Gasteiger partial charge in [-0.05, 0) is 31.4 Å². The molecule has 0 saturated carbocycles. The first-order valence-electron chi connectivity index (χ1n) is 8.42. The summed E-state index contributed by atoms with van der Waals surface area (Å²) in [5.41, 5.74) is 2.28. The third kappa shape index (κ3) is 4.44. The molecule has 3 nitrogen and oxygen atoms in total. The van der Waals surface area contributed by atoms with E-state index in [0.717, 1.165) is 42.3 Å². The third-order valence-electron chi connectivity index (χ3n) is 4.35. The van der Waals surface area contributed by atoms with E-state index in [9.17, 15) is 4.79 Å². The molecular weight excluding hydrogens is 274 g/mol. The van der Waals surface area contributed by atoms with E-state index >= 15 is 0 Å². The zero-order chi connectivity index (χ0) is 15.8. The summed E-state index contributed by atoms with van der Waals surface area (Å²) in [6, 6.07) is 9.61. The highest BCUT2D eigenvalue weighted by Crippen LogP contribution is 2.14. The van der Waals surface area contributed by atoms with Crippen LogP contribution in [0.15, 0.2) is 35.1 Å². The monoisotopic (exact) mass is 301 g/mol. The number of aromatic nitrogens is 1. The molecule has 0 atom stereocenters. The molecule has 2 aromatic rings. The number of unbranched alkanes of at least 4 members (excludes halogenated alkanes) is 6. The molecule has 3 heteroatoms. The normalized spacial score (nSPS) is 11.2. The Balaban J connectivity index is 1.85. The molecule has 0 spiro atoms. The zero-order valence-corrected chi connectivity index (χ0v) is 13.6. The number of hydrogen-bond acceptors (Lipinski definition) is 2. The van der Waals surface area contributed by atoms with E-state index in [4.69, 9.17) is 5.11 Å². The molecular formula is C19H27NO2. The van der Waals surface area contributed by atoms with Crippen LogP contribution in [0.25, 0.3) is 10.9 Å². The number of aryl methyl sites for hydroxylation is 2. The van der Waals surface area contributed by atoms with Gasteiger partial charge in [0.2, 0.25) is 0 Å². The average Bonchev–Trinajstić information content (AvgIpc) is 2.54. The topological polar surface area (TPSA) is 42.2 Å². The Hall–Kier alpha value is -1.61. The van der Waals surface area contributed by atoms with Gasteiger partial charge in [0.15, 0.2) is 5.43 Å². The van der Waals surface area contributed by atoms with E-state index < -0.39 is 0 Å². The molecule has 0 amide bonds. The summed E-state index contributed by atoms with van der Waals surface area (Å²) in [4.78, 5) is 12.2. The van der Waals surface area contributed by atoms with E-state index in [2.05, 4.69) is 4.57 Å². The Kier molecular flexibility index (Phi) is 6.66. The number of benzene rings is 1. The molecule has 0 bridgehead atoms. The average molecular weight is 301 g/mol. The van der Waals surface area contributed by atoms with Crippen molar-refractivity contribution < 1.29 is 5.11 Å². The van der Waals surface area contributed by atoms with Gasteiger partial charge in [-0.1, -0.05) is 44.2 Å². The van der Waals surface area contributed by atoms with Gasteiger partial charge in [0, 0.05) is 30.8 Å². The first-order valence-corrected chi connectivity index (χ1v) is 8.42. The highest BCUT2D eigenvalue weighted by atomic mass is 16.2. The third-order valence-corrected chi connectivity index (χ3v) is 4.35. The highest BCUT2D eigenvalue weighted by molar-refractivity contribution is 5.79. The first kappa shape index (κ1) is 16.8. The Morgan fingerprint density at radius 1 is 0.955 bits per heavy atom. The number of rotatable bonds is 9. The molecule has 0 fully saturated rings. The van der Waals surface area contributed by atoms with E-state index in [1.165, 1.54) is 25.7 Å². The Morgan fingerprint density at radius 3 is 2.32 bits per heavy atom. The second-order valence-electron chi connectivity index (χ2n) is 6.02. The Labute approximate surface area is 132 Å². The molecule has 0 aliphatic carbocycles. The summed E-state index contributed by atoms with van der Waals surface area (Å²) in [6.07, 6.45) is 9.08. The van der Waals surface area contributed by atoms with Crippen LogP contribution in [0.3, 0.4) is 0 Å². The number of para-hydroxylation sites is 1. The largest absolute Gasteiger partial charge is 0.396 e. The number of fused-ring (bicyclic) bond motifs is 1. The molecule has 1 N–H and O–H groups in total. The van der Waals surface area contributed by atoms with Gasteiger partial charge in [0.05, 0.1) is 5.52 Å². The molecule has 0 aliphatic heterocycles. The number of nitrogens with zero attached hydrogens (tertiary/aromatic N) is 1. The summed E-state index contributed by atoms with van der Waals surface area (Å²) in [5.74, 6) is 0. The molecule has 0 unspecified atom stereocenters. The van der Waals surface area contributed by atoms with Crippen LogP contribution in [-0.4, -0.2) is 16.3 Å². The Bertz CT molecular complexity index is 645. The molecule has 0 aliphatic rings. The predicted octanol–water partition coefficient (Wildman–Crippen LogP) is 3.80. The van der Waals surface area contributed by atoms with Crippen LogP contribution in [0, 0.1) is 0 Å². The fraction of sp³-hybridized carbons (Fsp3) is 0.526. The smallest absolute Gasteiger partial charge is 0.189 e. The maximum Gasteiger partial charge on any atom is 0.189 e. The van der Waals surface area contributed by atoms with Crippen molar-refractivity contribution in [2.75, 3.05) is 6.61 Å². The van der Waals surface area contributed by atoms with Crippen molar-refractivity contribution in [2.45, 2.75) is 51.4 Å². The Morgan fingerprint density at radius 2 is 1.59 bits per heavy atom. The molecule has 22 heavy (non-hydrogen) atoms. The lowest BCUT2D eigenvalue weighted by Crippen LogP contribution is -2.11. The summed E-state index contributed by atoms with van der Waals surface area (Å²) in [7, 11) is 2.05. The van der Waals surface area contributed by atoms with Gasteiger partial charge in [0.1, 0.15) is 0 Å². The molecule has 120 valence electrons. The SMILES string of the molecule is Cn1c(CCCCCCCCCO)cc(=O)c2ccccc21. The van der Waals surface area contributed by atoms with E-state index in [-0.39, 0.29) is 5.43 Å². The van der Waals surface area contributed by atoms with Crippen molar-refractivity contribution in [2.24, 2.45) is 7.05 Å². The lowest BCUT2D eigenvalue weighted by molar-refractivity contribution is 0.282. The van der Waals surface area contributed by atoms with Crippen LogP contribution in [0.4, 0.5) is 0 Å². The molecule has 0 saturated heterocycles. The van der Waals surface area contributed by atoms with Crippen molar-refractivity contribution in [3.63, 3.8) is 0 Å². The zero-order valence-electron chi connectivity index (χ0n) is 13.6. The predicted molar refractivity (Wildman–Crippen MR) is 92.3 cm³/mol. The van der Waals surface area contributed by atoms with E-state index in [1.54, 1.807) is 6.07 Å². The van der Waals surface area contributed by atoms with Gasteiger partial charge in [-0.25, -0.2) is 0 Å². The van der Waals surface area contributed by atoms with Crippen LogP contribution in [0.1, 0.15) is 50.6 Å². The minimum atomic E-state index is 0.132. The van der Waals surface area contributed by atoms with Crippen molar-refractivity contribution in [3.05, 3.63) is 46.2 Å². The second kappa shape index (κ2) is 8.74. The summed E-state index contributed by atoms with van der Waals surface area (Å²) in [5, 5.41) is 9.53. The number of aliphatic hydroxyl groups excluding tert-OH is 1.